The van der Waals surface area contributed by atoms with E-state index in [9.17, 15) is 4.79 Å². The van der Waals surface area contributed by atoms with Gasteiger partial charge in [-0.3, -0.25) is 4.79 Å². The maximum atomic E-state index is 12.5. The van der Waals surface area contributed by atoms with Gasteiger partial charge in [-0.25, -0.2) is 0 Å². The first kappa shape index (κ1) is 21.4. The predicted octanol–water partition coefficient (Wildman–Crippen LogP) is 4.49. The number of piperazine rings is 1. The molecule has 1 amide bonds. The third-order valence-electron chi connectivity index (χ3n) is 5.26. The highest BCUT2D eigenvalue weighted by Crippen LogP contribution is 2.29. The Labute approximate surface area is 191 Å². The normalized spacial score (nSPS) is 13.9. The van der Waals surface area contributed by atoms with Crippen LogP contribution < -0.4 is 9.64 Å². The molecule has 3 aromatic rings. The summed E-state index contributed by atoms with van der Waals surface area (Å²) in [5.41, 5.74) is 2.49. The van der Waals surface area contributed by atoms with Crippen molar-refractivity contribution in [2.24, 2.45) is 0 Å². The van der Waals surface area contributed by atoms with Gasteiger partial charge >= 0.3 is 0 Å². The zero-order valence-electron chi connectivity index (χ0n) is 17.1. The number of aromatic nitrogens is 2. The lowest BCUT2D eigenvalue weighted by molar-refractivity contribution is -0.133. The number of hydrogen-bond acceptors (Lipinski definition) is 5. The van der Waals surface area contributed by atoms with Gasteiger partial charge in [-0.05, 0) is 48.9 Å². The Balaban J connectivity index is 1.32. The first-order valence-electron chi connectivity index (χ1n) is 10.0. The fourth-order valence-electron chi connectivity index (χ4n) is 3.47. The lowest BCUT2D eigenvalue weighted by Crippen LogP contribution is -2.50. The summed E-state index contributed by atoms with van der Waals surface area (Å²) < 4.78 is 5.69. The van der Waals surface area contributed by atoms with Gasteiger partial charge in [0.1, 0.15) is 5.75 Å². The molecule has 1 aliphatic heterocycles. The Morgan fingerprint density at radius 2 is 1.77 bits per heavy atom. The Hall–Kier alpha value is -2.83. The summed E-state index contributed by atoms with van der Waals surface area (Å²) in [7, 11) is 0. The third-order valence-corrected chi connectivity index (χ3v) is 5.81. The summed E-state index contributed by atoms with van der Waals surface area (Å²) in [5, 5.41) is 9.79. The second kappa shape index (κ2) is 9.54. The van der Waals surface area contributed by atoms with Crippen LogP contribution in [0.5, 0.6) is 5.75 Å². The molecule has 31 heavy (non-hydrogen) atoms. The van der Waals surface area contributed by atoms with E-state index in [2.05, 4.69) is 15.1 Å². The molecule has 0 bridgehead atoms. The SMILES string of the molecule is Cc1ccccc1OCC(=O)N1CCN(c2ccc(-c3ccc(Cl)cc3Cl)nn2)CC1. The first-order valence-corrected chi connectivity index (χ1v) is 10.8. The molecule has 1 aliphatic rings. The van der Waals surface area contributed by atoms with E-state index in [-0.39, 0.29) is 12.5 Å². The van der Waals surface area contributed by atoms with E-state index in [0.29, 0.717) is 41.9 Å². The largest absolute Gasteiger partial charge is 0.484 e. The van der Waals surface area contributed by atoms with Gasteiger partial charge in [0.15, 0.2) is 12.4 Å². The molecule has 0 radical (unpaired) electrons. The summed E-state index contributed by atoms with van der Waals surface area (Å²) in [6.45, 7) is 4.61. The van der Waals surface area contributed by atoms with E-state index in [1.807, 2.05) is 54.3 Å². The lowest BCUT2D eigenvalue weighted by Gasteiger charge is -2.35. The zero-order chi connectivity index (χ0) is 21.8. The standard InChI is InChI=1S/C23H22Cl2N4O2/c1-16-4-2-3-5-21(16)31-15-23(30)29-12-10-28(11-13-29)22-9-8-20(26-27-22)18-7-6-17(24)14-19(18)25/h2-9,14H,10-13,15H2,1H3. The fourth-order valence-corrected chi connectivity index (χ4v) is 3.97. The van der Waals surface area contributed by atoms with E-state index in [1.54, 1.807) is 12.1 Å². The first-order chi connectivity index (χ1) is 15.0. The molecule has 0 N–H and O–H groups in total. The summed E-state index contributed by atoms with van der Waals surface area (Å²) in [6.07, 6.45) is 0. The van der Waals surface area contributed by atoms with Crippen LogP contribution in [0.15, 0.2) is 54.6 Å². The summed E-state index contributed by atoms with van der Waals surface area (Å²) in [4.78, 5) is 16.5. The van der Waals surface area contributed by atoms with Crippen LogP contribution in [0, 0.1) is 6.92 Å². The topological polar surface area (TPSA) is 58.6 Å². The van der Waals surface area contributed by atoms with Crippen molar-refractivity contribution in [1.82, 2.24) is 15.1 Å². The quantitative estimate of drug-likeness (QED) is 0.565. The average molecular weight is 457 g/mol. The van der Waals surface area contributed by atoms with Crippen molar-refractivity contribution in [3.05, 3.63) is 70.2 Å². The Morgan fingerprint density at radius 1 is 1.00 bits per heavy atom. The minimum Gasteiger partial charge on any atom is -0.484 e. The fraction of sp³-hybridized carbons (Fsp3) is 0.261. The summed E-state index contributed by atoms with van der Waals surface area (Å²) in [5.74, 6) is 1.50. The number of aryl methyl sites for hydroxylation is 1. The van der Waals surface area contributed by atoms with E-state index >= 15 is 0 Å². The van der Waals surface area contributed by atoms with Crippen molar-refractivity contribution in [3.8, 4) is 17.0 Å². The van der Waals surface area contributed by atoms with Crippen molar-refractivity contribution >= 4 is 34.9 Å². The molecule has 8 heteroatoms. The van der Waals surface area contributed by atoms with E-state index in [4.69, 9.17) is 27.9 Å². The maximum Gasteiger partial charge on any atom is 0.260 e. The number of benzene rings is 2. The molecule has 2 aromatic carbocycles. The van der Waals surface area contributed by atoms with Crippen LogP contribution in [-0.4, -0.2) is 53.8 Å². The highest BCUT2D eigenvalue weighted by Gasteiger charge is 2.22. The smallest absolute Gasteiger partial charge is 0.260 e. The number of hydrogen-bond donors (Lipinski definition) is 0. The Kier molecular flexibility index (Phi) is 6.59. The number of rotatable bonds is 5. The number of halogens is 2. The van der Waals surface area contributed by atoms with Crippen LogP contribution in [0.25, 0.3) is 11.3 Å². The monoisotopic (exact) mass is 456 g/mol. The molecule has 2 heterocycles. The average Bonchev–Trinajstić information content (AvgIpc) is 2.79. The highest BCUT2D eigenvalue weighted by atomic mass is 35.5. The number of carbonyl (C=O) groups is 1. The van der Waals surface area contributed by atoms with Gasteiger partial charge < -0.3 is 14.5 Å². The van der Waals surface area contributed by atoms with Crippen molar-refractivity contribution in [2.45, 2.75) is 6.92 Å². The van der Waals surface area contributed by atoms with Gasteiger partial charge in [0.25, 0.3) is 5.91 Å². The van der Waals surface area contributed by atoms with Gasteiger partial charge in [-0.2, -0.15) is 0 Å². The molecular weight excluding hydrogens is 435 g/mol. The van der Waals surface area contributed by atoms with Crippen LogP contribution in [-0.2, 0) is 4.79 Å². The number of amides is 1. The number of para-hydroxylation sites is 1. The molecule has 6 nitrogen and oxygen atoms in total. The van der Waals surface area contributed by atoms with E-state index < -0.39 is 0 Å². The van der Waals surface area contributed by atoms with Crippen molar-refractivity contribution in [1.29, 1.82) is 0 Å². The maximum absolute atomic E-state index is 12.5. The molecule has 0 unspecified atom stereocenters. The van der Waals surface area contributed by atoms with Crippen LogP contribution >= 0.6 is 23.2 Å². The zero-order valence-corrected chi connectivity index (χ0v) is 18.6. The van der Waals surface area contributed by atoms with Crippen LogP contribution in [0.1, 0.15) is 5.56 Å². The number of anilines is 1. The minimum atomic E-state index is -0.0123. The number of carbonyl (C=O) groups excluding carboxylic acids is 1. The second-order valence-electron chi connectivity index (χ2n) is 7.32. The molecule has 0 aliphatic carbocycles. The molecule has 1 saturated heterocycles. The third kappa shape index (κ3) is 5.09. The molecule has 1 aromatic heterocycles. The minimum absolute atomic E-state index is 0.0123. The van der Waals surface area contributed by atoms with E-state index in [1.165, 1.54) is 0 Å². The molecular formula is C23H22Cl2N4O2. The molecule has 0 spiro atoms. The van der Waals surface area contributed by atoms with Crippen molar-refractivity contribution in [2.75, 3.05) is 37.7 Å². The lowest BCUT2D eigenvalue weighted by atomic mass is 10.1. The summed E-state index contributed by atoms with van der Waals surface area (Å²) >= 11 is 12.2. The van der Waals surface area contributed by atoms with Crippen LogP contribution in [0.4, 0.5) is 5.82 Å². The van der Waals surface area contributed by atoms with Gasteiger partial charge in [0.05, 0.1) is 10.7 Å². The van der Waals surface area contributed by atoms with Gasteiger partial charge in [-0.1, -0.05) is 41.4 Å². The predicted molar refractivity (Wildman–Crippen MR) is 123 cm³/mol. The molecule has 0 saturated carbocycles. The Morgan fingerprint density at radius 3 is 2.45 bits per heavy atom. The second-order valence-corrected chi connectivity index (χ2v) is 8.17. The van der Waals surface area contributed by atoms with Crippen LogP contribution in [0.3, 0.4) is 0 Å². The van der Waals surface area contributed by atoms with Crippen LogP contribution in [0.2, 0.25) is 10.0 Å². The molecule has 4 rings (SSSR count). The summed E-state index contributed by atoms with van der Waals surface area (Å²) in [6, 6.07) is 16.8. The number of ether oxygens (including phenoxy) is 1. The van der Waals surface area contributed by atoms with Gasteiger partial charge in [0, 0.05) is 36.8 Å². The van der Waals surface area contributed by atoms with Crippen molar-refractivity contribution < 1.29 is 9.53 Å². The van der Waals surface area contributed by atoms with Gasteiger partial charge in [0.2, 0.25) is 0 Å². The molecule has 160 valence electrons. The molecule has 0 atom stereocenters. The van der Waals surface area contributed by atoms with Gasteiger partial charge in [-0.15, -0.1) is 10.2 Å². The Bertz CT molecular complexity index is 1070. The molecule has 1 fully saturated rings. The van der Waals surface area contributed by atoms with Crippen molar-refractivity contribution in [3.63, 3.8) is 0 Å². The number of nitrogens with zero attached hydrogens (tertiary/aromatic N) is 4. The highest BCUT2D eigenvalue weighted by molar-refractivity contribution is 6.36. The van der Waals surface area contributed by atoms with E-state index in [0.717, 1.165) is 22.7 Å².